The van der Waals surface area contributed by atoms with Crippen molar-refractivity contribution in [1.82, 2.24) is 10.6 Å². The van der Waals surface area contributed by atoms with Crippen molar-refractivity contribution in [1.29, 1.82) is 0 Å². The quantitative estimate of drug-likeness (QED) is 0.570. The summed E-state index contributed by atoms with van der Waals surface area (Å²) in [6.45, 7) is 7.97. The minimum atomic E-state index is 0.166. The Hall–Kier alpha value is -1.91. The van der Waals surface area contributed by atoms with Gasteiger partial charge in [-0.3, -0.25) is 0 Å². The van der Waals surface area contributed by atoms with E-state index < -0.39 is 0 Å². The van der Waals surface area contributed by atoms with Gasteiger partial charge in [-0.25, -0.2) is 4.99 Å². The van der Waals surface area contributed by atoms with Crippen LogP contribution in [0.15, 0.2) is 23.2 Å². The molecule has 0 bridgehead atoms. The molecule has 1 aliphatic rings. The van der Waals surface area contributed by atoms with Crippen LogP contribution in [0.5, 0.6) is 11.5 Å². The third-order valence-corrected chi connectivity index (χ3v) is 4.73. The van der Waals surface area contributed by atoms with E-state index in [0.29, 0.717) is 23.8 Å². The standard InChI is InChI=1S/C19H31N3O2/c1-5-20-18(22-15-9-11-19(2,3)12-10-15)21-13-14-7-6-8-16(24-4)17(14)23/h6-8,15,23H,5,9-13H2,1-4H3,(H2,20,21,22). The van der Waals surface area contributed by atoms with Gasteiger partial charge in [-0.2, -0.15) is 0 Å². The number of phenolic OH excluding ortho intramolecular Hbond substituents is 1. The van der Waals surface area contributed by atoms with Crippen LogP contribution in [0.4, 0.5) is 0 Å². The first-order valence-electron chi connectivity index (χ1n) is 8.85. The molecule has 1 saturated carbocycles. The fourth-order valence-corrected chi connectivity index (χ4v) is 3.08. The first-order chi connectivity index (χ1) is 11.4. The number of hydrogen-bond acceptors (Lipinski definition) is 3. The van der Waals surface area contributed by atoms with E-state index in [2.05, 4.69) is 36.4 Å². The van der Waals surface area contributed by atoms with Gasteiger partial charge in [0.25, 0.3) is 0 Å². The fourth-order valence-electron chi connectivity index (χ4n) is 3.08. The third-order valence-electron chi connectivity index (χ3n) is 4.73. The van der Waals surface area contributed by atoms with Gasteiger partial charge in [0, 0.05) is 18.2 Å². The van der Waals surface area contributed by atoms with Gasteiger partial charge >= 0.3 is 0 Å². The SMILES string of the molecule is CCNC(=NCc1cccc(OC)c1O)NC1CCC(C)(C)CC1. The number of hydrogen-bond donors (Lipinski definition) is 3. The Morgan fingerprint density at radius 1 is 1.33 bits per heavy atom. The second-order valence-corrected chi connectivity index (χ2v) is 7.25. The molecular formula is C19H31N3O2. The van der Waals surface area contributed by atoms with E-state index in [4.69, 9.17) is 4.74 Å². The Labute approximate surface area is 145 Å². The zero-order chi connectivity index (χ0) is 17.6. The Balaban J connectivity index is 2.01. The highest BCUT2D eigenvalue weighted by Gasteiger charge is 2.27. The van der Waals surface area contributed by atoms with Crippen LogP contribution < -0.4 is 15.4 Å². The zero-order valence-corrected chi connectivity index (χ0v) is 15.4. The molecule has 0 spiro atoms. The van der Waals surface area contributed by atoms with Crippen molar-refractivity contribution in [3.8, 4) is 11.5 Å². The van der Waals surface area contributed by atoms with E-state index in [1.165, 1.54) is 25.7 Å². The molecule has 0 radical (unpaired) electrons. The number of aromatic hydroxyl groups is 1. The average Bonchev–Trinajstić information content (AvgIpc) is 2.56. The van der Waals surface area contributed by atoms with Crippen molar-refractivity contribution in [2.45, 2.75) is 59.0 Å². The molecule has 1 aromatic carbocycles. The van der Waals surface area contributed by atoms with Crippen molar-refractivity contribution in [2.24, 2.45) is 10.4 Å². The Bertz CT molecular complexity index is 560. The molecule has 0 saturated heterocycles. The maximum absolute atomic E-state index is 10.2. The smallest absolute Gasteiger partial charge is 0.191 e. The number of guanidine groups is 1. The molecule has 5 nitrogen and oxygen atoms in total. The molecule has 1 fully saturated rings. The molecular weight excluding hydrogens is 302 g/mol. The number of para-hydroxylation sites is 1. The number of aliphatic imine (C=N–C) groups is 1. The van der Waals surface area contributed by atoms with Gasteiger partial charge in [0.2, 0.25) is 0 Å². The highest BCUT2D eigenvalue weighted by molar-refractivity contribution is 5.80. The number of nitrogens with zero attached hydrogens (tertiary/aromatic N) is 1. The van der Waals surface area contributed by atoms with Crippen molar-refractivity contribution < 1.29 is 9.84 Å². The normalized spacial score (nSPS) is 18.2. The van der Waals surface area contributed by atoms with Crippen LogP contribution in [0.1, 0.15) is 52.0 Å². The van der Waals surface area contributed by atoms with Crippen LogP contribution in [0.3, 0.4) is 0 Å². The first-order valence-corrected chi connectivity index (χ1v) is 8.85. The second-order valence-electron chi connectivity index (χ2n) is 7.25. The van der Waals surface area contributed by atoms with Crippen LogP contribution in [-0.4, -0.2) is 30.8 Å². The number of rotatable bonds is 5. The average molecular weight is 333 g/mol. The van der Waals surface area contributed by atoms with Crippen molar-refractivity contribution in [2.75, 3.05) is 13.7 Å². The minimum Gasteiger partial charge on any atom is -0.504 e. The summed E-state index contributed by atoms with van der Waals surface area (Å²) in [7, 11) is 1.55. The van der Waals surface area contributed by atoms with E-state index >= 15 is 0 Å². The molecule has 2 rings (SSSR count). The van der Waals surface area contributed by atoms with Gasteiger partial charge in [0.1, 0.15) is 0 Å². The highest BCUT2D eigenvalue weighted by atomic mass is 16.5. The maximum atomic E-state index is 10.2. The monoisotopic (exact) mass is 333 g/mol. The minimum absolute atomic E-state index is 0.166. The molecule has 134 valence electrons. The van der Waals surface area contributed by atoms with Gasteiger partial charge in [-0.05, 0) is 44.1 Å². The molecule has 0 aliphatic heterocycles. The number of ether oxygens (including phenoxy) is 1. The molecule has 24 heavy (non-hydrogen) atoms. The predicted molar refractivity (Wildman–Crippen MR) is 98.6 cm³/mol. The van der Waals surface area contributed by atoms with E-state index in [9.17, 15) is 5.11 Å². The van der Waals surface area contributed by atoms with Crippen LogP contribution in [0.2, 0.25) is 0 Å². The van der Waals surface area contributed by atoms with Crippen molar-refractivity contribution >= 4 is 5.96 Å². The molecule has 0 heterocycles. The lowest BCUT2D eigenvalue weighted by atomic mass is 9.75. The molecule has 5 heteroatoms. The van der Waals surface area contributed by atoms with Crippen LogP contribution in [0.25, 0.3) is 0 Å². The fraction of sp³-hybridized carbons (Fsp3) is 0.632. The molecule has 0 unspecified atom stereocenters. The number of phenols is 1. The van der Waals surface area contributed by atoms with E-state index in [-0.39, 0.29) is 5.75 Å². The van der Waals surface area contributed by atoms with Gasteiger partial charge in [-0.1, -0.05) is 26.0 Å². The van der Waals surface area contributed by atoms with Gasteiger partial charge in [0.15, 0.2) is 17.5 Å². The van der Waals surface area contributed by atoms with E-state index in [1.54, 1.807) is 13.2 Å². The van der Waals surface area contributed by atoms with Crippen molar-refractivity contribution in [3.63, 3.8) is 0 Å². The summed E-state index contributed by atoms with van der Waals surface area (Å²) >= 11 is 0. The van der Waals surface area contributed by atoms with Gasteiger partial charge in [0.05, 0.1) is 13.7 Å². The summed E-state index contributed by atoms with van der Waals surface area (Å²) in [5.41, 5.74) is 1.22. The highest BCUT2D eigenvalue weighted by Crippen LogP contribution is 2.35. The zero-order valence-electron chi connectivity index (χ0n) is 15.4. The Kier molecular flexibility index (Phi) is 6.35. The molecule has 1 aromatic rings. The summed E-state index contributed by atoms with van der Waals surface area (Å²) in [5.74, 6) is 1.46. The summed E-state index contributed by atoms with van der Waals surface area (Å²) in [5, 5.41) is 17.0. The summed E-state index contributed by atoms with van der Waals surface area (Å²) in [6.07, 6.45) is 4.81. The molecule has 0 atom stereocenters. The molecule has 0 aromatic heterocycles. The summed E-state index contributed by atoms with van der Waals surface area (Å²) in [6, 6.07) is 5.95. The second kappa shape index (κ2) is 8.27. The summed E-state index contributed by atoms with van der Waals surface area (Å²) < 4.78 is 5.15. The number of nitrogens with one attached hydrogen (secondary N) is 2. The summed E-state index contributed by atoms with van der Waals surface area (Å²) in [4.78, 5) is 4.63. The van der Waals surface area contributed by atoms with E-state index in [1.807, 2.05) is 12.1 Å². The van der Waals surface area contributed by atoms with Gasteiger partial charge < -0.3 is 20.5 Å². The molecule has 1 aliphatic carbocycles. The largest absolute Gasteiger partial charge is 0.504 e. The molecule has 3 N–H and O–H groups in total. The third kappa shape index (κ3) is 5.05. The lowest BCUT2D eigenvalue weighted by Gasteiger charge is -2.35. The predicted octanol–water partition coefficient (Wildman–Crippen LogP) is 3.42. The molecule has 0 amide bonds. The number of methoxy groups -OCH3 is 1. The van der Waals surface area contributed by atoms with Gasteiger partial charge in [-0.15, -0.1) is 0 Å². The topological polar surface area (TPSA) is 65.9 Å². The number of benzene rings is 1. The Morgan fingerprint density at radius 2 is 2.04 bits per heavy atom. The van der Waals surface area contributed by atoms with E-state index in [0.717, 1.165) is 18.1 Å². The lowest BCUT2D eigenvalue weighted by Crippen LogP contribution is -2.45. The van der Waals surface area contributed by atoms with Crippen LogP contribution in [-0.2, 0) is 6.54 Å². The maximum Gasteiger partial charge on any atom is 0.191 e. The van der Waals surface area contributed by atoms with Crippen LogP contribution >= 0.6 is 0 Å². The Morgan fingerprint density at radius 3 is 2.67 bits per heavy atom. The van der Waals surface area contributed by atoms with Crippen molar-refractivity contribution in [3.05, 3.63) is 23.8 Å². The first kappa shape index (κ1) is 18.4. The lowest BCUT2D eigenvalue weighted by molar-refractivity contribution is 0.216. The van der Waals surface area contributed by atoms with Crippen LogP contribution in [0, 0.1) is 5.41 Å².